The summed E-state index contributed by atoms with van der Waals surface area (Å²) < 4.78 is 39.7. The molecule has 3 aromatic carbocycles. The first-order chi connectivity index (χ1) is 13.8. The molecule has 0 aliphatic carbocycles. The number of hydrogen-bond donors (Lipinski definition) is 2. The normalized spacial score (nSPS) is 11.6. The van der Waals surface area contributed by atoms with Gasteiger partial charge in [0.15, 0.2) is 0 Å². The first-order valence-electron chi connectivity index (χ1n) is 8.54. The fraction of sp³-hybridized carbons (Fsp3) is 0.0476. The highest BCUT2D eigenvalue weighted by molar-refractivity contribution is 6.30. The molecule has 0 saturated carbocycles. The van der Waals surface area contributed by atoms with Crippen LogP contribution in [0.5, 0.6) is 0 Å². The van der Waals surface area contributed by atoms with Gasteiger partial charge in [0, 0.05) is 10.6 Å². The van der Waals surface area contributed by atoms with E-state index in [0.29, 0.717) is 5.69 Å². The lowest BCUT2D eigenvalue weighted by molar-refractivity contribution is -0.136. The van der Waals surface area contributed by atoms with E-state index < -0.39 is 17.6 Å². The number of carbonyl (C=O) groups is 1. The van der Waals surface area contributed by atoms with Crippen LogP contribution < -0.4 is 5.32 Å². The number of benzene rings is 3. The van der Waals surface area contributed by atoms with Crippen LogP contribution in [0, 0.1) is 0 Å². The lowest BCUT2D eigenvalue weighted by atomic mass is 10.0. The maximum absolute atomic E-state index is 13.2. The van der Waals surface area contributed by atoms with Gasteiger partial charge in [0.05, 0.1) is 16.9 Å². The monoisotopic (exact) mass is 415 g/mol. The number of fused-ring (bicyclic) bond motifs is 1. The zero-order valence-electron chi connectivity index (χ0n) is 14.7. The maximum Gasteiger partial charge on any atom is 0.418 e. The number of hydrogen-bond acceptors (Lipinski definition) is 2. The van der Waals surface area contributed by atoms with Gasteiger partial charge in [-0.25, -0.2) is 0 Å². The maximum atomic E-state index is 13.2. The van der Waals surface area contributed by atoms with E-state index in [4.69, 9.17) is 11.6 Å². The molecule has 0 atom stereocenters. The summed E-state index contributed by atoms with van der Waals surface area (Å²) in [5, 5.41) is 10.9. The average molecular weight is 416 g/mol. The highest BCUT2D eigenvalue weighted by atomic mass is 35.5. The van der Waals surface area contributed by atoms with Crippen LogP contribution in [0.3, 0.4) is 0 Å². The number of aromatic amines is 1. The van der Waals surface area contributed by atoms with Crippen LogP contribution in [0.2, 0.25) is 5.02 Å². The van der Waals surface area contributed by atoms with Crippen molar-refractivity contribution >= 4 is 34.0 Å². The number of halogens is 4. The molecule has 0 saturated heterocycles. The number of rotatable bonds is 3. The predicted molar refractivity (Wildman–Crippen MR) is 106 cm³/mol. The minimum atomic E-state index is -4.66. The van der Waals surface area contributed by atoms with E-state index in [-0.39, 0.29) is 16.4 Å². The lowest BCUT2D eigenvalue weighted by Gasteiger charge is -2.13. The van der Waals surface area contributed by atoms with Gasteiger partial charge in [0.25, 0.3) is 5.91 Å². The third kappa shape index (κ3) is 3.82. The molecule has 0 unspecified atom stereocenters. The molecular formula is C21H13ClF3N3O. The number of amides is 1. The van der Waals surface area contributed by atoms with Gasteiger partial charge in [0.2, 0.25) is 0 Å². The summed E-state index contributed by atoms with van der Waals surface area (Å²) in [6.45, 7) is 0. The predicted octanol–water partition coefficient (Wildman–Crippen LogP) is 6.15. The average Bonchev–Trinajstić information content (AvgIpc) is 3.18. The Hall–Kier alpha value is -3.32. The molecule has 0 bridgehead atoms. The van der Waals surface area contributed by atoms with Crippen molar-refractivity contribution in [3.05, 3.63) is 83.0 Å². The standard InChI is InChI=1S/C21H13ClF3N3O/c22-13-8-9-17(16(10-13)21(23,24)25)26-20(29)19-11-18(27-28-19)15-7-3-5-12-4-1-2-6-14(12)15/h1-11H,(H,26,29)(H,27,28). The molecule has 4 aromatic rings. The van der Waals surface area contributed by atoms with Crippen molar-refractivity contribution in [3.8, 4) is 11.3 Å². The van der Waals surface area contributed by atoms with Crippen LogP contribution >= 0.6 is 11.6 Å². The van der Waals surface area contributed by atoms with Gasteiger partial charge in [-0.3, -0.25) is 9.89 Å². The molecule has 1 heterocycles. The van der Waals surface area contributed by atoms with Crippen LogP contribution in [0.4, 0.5) is 18.9 Å². The minimum absolute atomic E-state index is 0.0380. The van der Waals surface area contributed by atoms with Gasteiger partial charge in [-0.05, 0) is 35.0 Å². The van der Waals surface area contributed by atoms with Crippen LogP contribution in [0.15, 0.2) is 66.7 Å². The van der Waals surface area contributed by atoms with Crippen molar-refractivity contribution in [1.29, 1.82) is 0 Å². The number of carbonyl (C=O) groups excluding carboxylic acids is 1. The molecular weight excluding hydrogens is 403 g/mol. The SMILES string of the molecule is O=C(Nc1ccc(Cl)cc1C(F)(F)F)c1cc(-c2cccc3ccccc23)n[nH]1. The molecule has 1 aromatic heterocycles. The molecule has 0 radical (unpaired) electrons. The third-order valence-electron chi connectivity index (χ3n) is 4.42. The van der Waals surface area contributed by atoms with Gasteiger partial charge in [0.1, 0.15) is 5.69 Å². The van der Waals surface area contributed by atoms with Gasteiger partial charge < -0.3 is 5.32 Å². The van der Waals surface area contributed by atoms with E-state index in [1.165, 1.54) is 12.1 Å². The van der Waals surface area contributed by atoms with E-state index >= 15 is 0 Å². The van der Waals surface area contributed by atoms with Crippen LogP contribution in [-0.2, 0) is 6.18 Å². The fourth-order valence-corrected chi connectivity index (χ4v) is 3.25. The Labute approximate surface area is 168 Å². The summed E-state index contributed by atoms with van der Waals surface area (Å²) in [7, 11) is 0. The Morgan fingerprint density at radius 1 is 1.00 bits per heavy atom. The van der Waals surface area contributed by atoms with Crippen molar-refractivity contribution in [3.63, 3.8) is 0 Å². The summed E-state index contributed by atoms with van der Waals surface area (Å²) in [6, 6.07) is 18.1. The summed E-state index contributed by atoms with van der Waals surface area (Å²) in [4.78, 5) is 12.5. The molecule has 29 heavy (non-hydrogen) atoms. The number of anilines is 1. The van der Waals surface area contributed by atoms with E-state index in [2.05, 4.69) is 15.5 Å². The van der Waals surface area contributed by atoms with Crippen molar-refractivity contribution in [2.75, 3.05) is 5.32 Å². The van der Waals surface area contributed by atoms with E-state index in [9.17, 15) is 18.0 Å². The van der Waals surface area contributed by atoms with Crippen molar-refractivity contribution in [2.45, 2.75) is 6.18 Å². The molecule has 0 aliphatic rings. The second kappa shape index (κ2) is 7.25. The fourth-order valence-electron chi connectivity index (χ4n) is 3.07. The number of aromatic nitrogens is 2. The van der Waals surface area contributed by atoms with Gasteiger partial charge in [-0.2, -0.15) is 18.3 Å². The first-order valence-corrected chi connectivity index (χ1v) is 8.92. The quantitative estimate of drug-likeness (QED) is 0.421. The van der Waals surface area contributed by atoms with Crippen LogP contribution in [-0.4, -0.2) is 16.1 Å². The zero-order chi connectivity index (χ0) is 20.6. The second-order valence-electron chi connectivity index (χ2n) is 6.34. The van der Waals surface area contributed by atoms with Crippen LogP contribution in [0.25, 0.3) is 22.0 Å². The molecule has 4 nitrogen and oxygen atoms in total. The highest BCUT2D eigenvalue weighted by Gasteiger charge is 2.34. The highest BCUT2D eigenvalue weighted by Crippen LogP contribution is 2.36. The number of alkyl halides is 3. The molecule has 0 aliphatic heterocycles. The first kappa shape index (κ1) is 19.0. The molecule has 1 amide bonds. The largest absolute Gasteiger partial charge is 0.418 e. The molecule has 4 rings (SSSR count). The van der Waals surface area contributed by atoms with E-state index in [0.717, 1.165) is 28.5 Å². The van der Waals surface area contributed by atoms with Crippen molar-refractivity contribution in [2.24, 2.45) is 0 Å². The zero-order valence-corrected chi connectivity index (χ0v) is 15.5. The Morgan fingerprint density at radius 2 is 1.76 bits per heavy atom. The molecule has 146 valence electrons. The Kier molecular flexibility index (Phi) is 4.76. The molecule has 0 spiro atoms. The minimum Gasteiger partial charge on any atom is -0.320 e. The van der Waals surface area contributed by atoms with Gasteiger partial charge in [-0.1, -0.05) is 54.1 Å². The second-order valence-corrected chi connectivity index (χ2v) is 6.77. The smallest absolute Gasteiger partial charge is 0.320 e. The summed E-state index contributed by atoms with van der Waals surface area (Å²) >= 11 is 5.67. The molecule has 2 N–H and O–H groups in total. The van der Waals surface area contributed by atoms with E-state index in [1.807, 2.05) is 42.5 Å². The Bertz CT molecular complexity index is 1210. The molecule has 8 heteroatoms. The summed E-state index contributed by atoms with van der Waals surface area (Å²) in [6.07, 6.45) is -4.66. The Balaban J connectivity index is 1.65. The van der Waals surface area contributed by atoms with Gasteiger partial charge in [-0.15, -0.1) is 0 Å². The van der Waals surface area contributed by atoms with Crippen molar-refractivity contribution in [1.82, 2.24) is 10.2 Å². The number of nitrogens with zero attached hydrogens (tertiary/aromatic N) is 1. The van der Waals surface area contributed by atoms with Crippen LogP contribution in [0.1, 0.15) is 16.1 Å². The lowest BCUT2D eigenvalue weighted by Crippen LogP contribution is -2.17. The summed E-state index contributed by atoms with van der Waals surface area (Å²) in [5.41, 5.74) is -0.0451. The van der Waals surface area contributed by atoms with E-state index in [1.54, 1.807) is 0 Å². The topological polar surface area (TPSA) is 57.8 Å². The third-order valence-corrected chi connectivity index (χ3v) is 4.66. The molecule has 0 fully saturated rings. The summed E-state index contributed by atoms with van der Waals surface area (Å²) in [5.74, 6) is -0.739. The van der Waals surface area contributed by atoms with Gasteiger partial charge >= 0.3 is 6.18 Å². The number of H-pyrrole nitrogens is 1. The Morgan fingerprint density at radius 3 is 2.55 bits per heavy atom. The number of nitrogens with one attached hydrogen (secondary N) is 2. The van der Waals surface area contributed by atoms with Crippen molar-refractivity contribution < 1.29 is 18.0 Å².